The molecule has 0 spiro atoms. The number of aromatic amines is 1. The summed E-state index contributed by atoms with van der Waals surface area (Å²) < 4.78 is 0. The number of thiophene rings is 1. The molecule has 0 bridgehead atoms. The molecule has 2 rings (SSSR count). The summed E-state index contributed by atoms with van der Waals surface area (Å²) in [5.74, 6) is 2.14. The summed E-state index contributed by atoms with van der Waals surface area (Å²) in [5, 5.41) is 13.0. The molecule has 0 aromatic carbocycles. The Morgan fingerprint density at radius 2 is 2.00 bits per heavy atom. The fourth-order valence-corrected chi connectivity index (χ4v) is 3.45. The monoisotopic (exact) mass is 291 g/mol. The van der Waals surface area contributed by atoms with Crippen LogP contribution in [0.5, 0.6) is 0 Å². The average molecular weight is 291 g/mol. The molecule has 0 unspecified atom stereocenters. The van der Waals surface area contributed by atoms with Crippen molar-refractivity contribution in [2.45, 2.75) is 34.2 Å². The zero-order chi connectivity index (χ0) is 14.5. The highest BCUT2D eigenvalue weighted by molar-refractivity contribution is 7.13. The van der Waals surface area contributed by atoms with E-state index in [1.165, 1.54) is 10.4 Å². The van der Waals surface area contributed by atoms with Crippen LogP contribution in [0.25, 0.3) is 10.6 Å². The minimum Gasteiger partial charge on any atom is -0.312 e. The molecule has 2 aromatic rings. The first kappa shape index (κ1) is 15.3. The predicted octanol–water partition coefficient (Wildman–Crippen LogP) is 4.16. The lowest BCUT2D eigenvalue weighted by atomic mass is 9.85. The maximum absolute atomic E-state index is 4.19. The van der Waals surface area contributed by atoms with E-state index in [2.05, 4.69) is 60.7 Å². The van der Waals surface area contributed by atoms with Gasteiger partial charge >= 0.3 is 0 Å². The molecule has 0 amide bonds. The number of hydrogen-bond acceptors (Lipinski definition) is 3. The van der Waals surface area contributed by atoms with Gasteiger partial charge in [0.2, 0.25) is 0 Å². The van der Waals surface area contributed by atoms with Crippen LogP contribution in [0.3, 0.4) is 0 Å². The van der Waals surface area contributed by atoms with Crippen molar-refractivity contribution in [3.8, 4) is 10.6 Å². The first-order chi connectivity index (χ1) is 9.59. The Bertz CT molecular complexity index is 492. The molecular weight excluding hydrogens is 266 g/mol. The van der Waals surface area contributed by atoms with Crippen LogP contribution >= 0.6 is 11.3 Å². The first-order valence-electron chi connectivity index (χ1n) is 7.36. The lowest BCUT2D eigenvalue weighted by Crippen LogP contribution is -2.29. The zero-order valence-corrected chi connectivity index (χ0v) is 13.6. The normalized spacial score (nSPS) is 11.9. The van der Waals surface area contributed by atoms with Crippen molar-refractivity contribution in [2.75, 3.05) is 6.54 Å². The molecule has 2 N–H and O–H groups in total. The van der Waals surface area contributed by atoms with Crippen molar-refractivity contribution >= 4 is 11.3 Å². The summed E-state index contributed by atoms with van der Waals surface area (Å²) in [5.41, 5.74) is 2.40. The van der Waals surface area contributed by atoms with Gasteiger partial charge in [-0.05, 0) is 35.7 Å². The SMILES string of the molecule is CC(C)C(CNCc1cn[nH]c1-c1cccs1)C(C)C. The highest BCUT2D eigenvalue weighted by Gasteiger charge is 2.17. The Morgan fingerprint density at radius 3 is 2.60 bits per heavy atom. The molecule has 4 heteroatoms. The first-order valence-corrected chi connectivity index (χ1v) is 8.24. The number of nitrogens with one attached hydrogen (secondary N) is 2. The smallest absolute Gasteiger partial charge is 0.0794 e. The molecule has 0 aliphatic rings. The van der Waals surface area contributed by atoms with E-state index in [0.29, 0.717) is 17.8 Å². The molecule has 0 radical (unpaired) electrons. The van der Waals surface area contributed by atoms with Gasteiger partial charge in [0, 0.05) is 12.1 Å². The van der Waals surface area contributed by atoms with Crippen LogP contribution in [-0.4, -0.2) is 16.7 Å². The van der Waals surface area contributed by atoms with Crippen LogP contribution in [0, 0.1) is 17.8 Å². The Labute approximate surface area is 125 Å². The minimum atomic E-state index is 0.712. The van der Waals surface area contributed by atoms with E-state index in [1.54, 1.807) is 11.3 Å². The second-order valence-corrected chi connectivity index (χ2v) is 6.98. The van der Waals surface area contributed by atoms with Crippen LogP contribution in [0.15, 0.2) is 23.7 Å². The van der Waals surface area contributed by atoms with Crippen molar-refractivity contribution in [1.29, 1.82) is 0 Å². The van der Waals surface area contributed by atoms with Crippen LogP contribution < -0.4 is 5.32 Å². The number of hydrogen-bond donors (Lipinski definition) is 2. The molecule has 0 saturated heterocycles. The summed E-state index contributed by atoms with van der Waals surface area (Å²) in [6.07, 6.45) is 1.93. The van der Waals surface area contributed by atoms with Gasteiger partial charge in [-0.25, -0.2) is 0 Å². The van der Waals surface area contributed by atoms with Gasteiger partial charge in [-0.2, -0.15) is 5.10 Å². The second-order valence-electron chi connectivity index (χ2n) is 6.03. The Hall–Kier alpha value is -1.13. The molecule has 2 aromatic heterocycles. The molecule has 110 valence electrons. The topological polar surface area (TPSA) is 40.7 Å². The molecule has 2 heterocycles. The van der Waals surface area contributed by atoms with E-state index in [1.807, 2.05) is 6.20 Å². The molecule has 0 aliphatic heterocycles. The maximum atomic E-state index is 4.19. The summed E-state index contributed by atoms with van der Waals surface area (Å²) >= 11 is 1.75. The molecule has 0 saturated carbocycles. The van der Waals surface area contributed by atoms with Gasteiger partial charge < -0.3 is 5.32 Å². The summed E-state index contributed by atoms with van der Waals surface area (Å²) in [6, 6.07) is 4.21. The average Bonchev–Trinajstić information content (AvgIpc) is 3.03. The Balaban J connectivity index is 1.94. The van der Waals surface area contributed by atoms with E-state index >= 15 is 0 Å². The number of nitrogens with zero attached hydrogens (tertiary/aromatic N) is 1. The van der Waals surface area contributed by atoms with Gasteiger partial charge in [-0.3, -0.25) is 5.10 Å². The maximum Gasteiger partial charge on any atom is 0.0794 e. The van der Waals surface area contributed by atoms with Crippen molar-refractivity contribution < 1.29 is 0 Å². The predicted molar refractivity (Wildman–Crippen MR) is 86.8 cm³/mol. The zero-order valence-electron chi connectivity index (χ0n) is 12.8. The van der Waals surface area contributed by atoms with E-state index < -0.39 is 0 Å². The van der Waals surface area contributed by atoms with Gasteiger partial charge in [-0.1, -0.05) is 33.8 Å². The highest BCUT2D eigenvalue weighted by atomic mass is 32.1. The van der Waals surface area contributed by atoms with Gasteiger partial charge in [0.25, 0.3) is 0 Å². The Kier molecular flexibility index (Phi) is 5.38. The molecule has 0 aliphatic carbocycles. The van der Waals surface area contributed by atoms with Crippen molar-refractivity contribution in [2.24, 2.45) is 17.8 Å². The lowest BCUT2D eigenvalue weighted by Gasteiger charge is -2.25. The van der Waals surface area contributed by atoms with Crippen LogP contribution in [0.1, 0.15) is 33.3 Å². The molecule has 0 atom stereocenters. The van der Waals surface area contributed by atoms with Gasteiger partial charge in [0.05, 0.1) is 16.8 Å². The van der Waals surface area contributed by atoms with Crippen LogP contribution in [-0.2, 0) is 6.54 Å². The van der Waals surface area contributed by atoms with E-state index in [4.69, 9.17) is 0 Å². The second kappa shape index (κ2) is 7.04. The Morgan fingerprint density at radius 1 is 1.25 bits per heavy atom. The summed E-state index contributed by atoms with van der Waals surface area (Å²) in [6.45, 7) is 11.2. The quantitative estimate of drug-likeness (QED) is 0.804. The summed E-state index contributed by atoms with van der Waals surface area (Å²) in [4.78, 5) is 1.25. The van der Waals surface area contributed by atoms with E-state index in [-0.39, 0.29) is 0 Å². The van der Waals surface area contributed by atoms with Crippen LogP contribution in [0.2, 0.25) is 0 Å². The van der Waals surface area contributed by atoms with E-state index in [0.717, 1.165) is 18.8 Å². The van der Waals surface area contributed by atoms with E-state index in [9.17, 15) is 0 Å². The van der Waals surface area contributed by atoms with Crippen molar-refractivity contribution in [1.82, 2.24) is 15.5 Å². The fourth-order valence-electron chi connectivity index (χ4n) is 2.69. The third kappa shape index (κ3) is 3.70. The van der Waals surface area contributed by atoms with Crippen LogP contribution in [0.4, 0.5) is 0 Å². The van der Waals surface area contributed by atoms with Gasteiger partial charge in [-0.15, -0.1) is 11.3 Å². The fraction of sp³-hybridized carbons (Fsp3) is 0.562. The molecular formula is C16H25N3S. The molecule has 3 nitrogen and oxygen atoms in total. The largest absolute Gasteiger partial charge is 0.312 e. The minimum absolute atomic E-state index is 0.712. The molecule has 20 heavy (non-hydrogen) atoms. The molecule has 0 fully saturated rings. The van der Waals surface area contributed by atoms with Crippen molar-refractivity contribution in [3.05, 3.63) is 29.3 Å². The third-order valence-electron chi connectivity index (χ3n) is 3.89. The number of H-pyrrole nitrogens is 1. The number of aromatic nitrogens is 2. The van der Waals surface area contributed by atoms with Crippen molar-refractivity contribution in [3.63, 3.8) is 0 Å². The summed E-state index contributed by atoms with van der Waals surface area (Å²) in [7, 11) is 0. The third-order valence-corrected chi connectivity index (χ3v) is 4.78. The highest BCUT2D eigenvalue weighted by Crippen LogP contribution is 2.26. The van der Waals surface area contributed by atoms with Gasteiger partial charge in [0.15, 0.2) is 0 Å². The number of rotatable bonds is 7. The lowest BCUT2D eigenvalue weighted by molar-refractivity contribution is 0.275. The standard InChI is InChI=1S/C16H25N3S/c1-11(2)14(12(3)4)10-17-8-13-9-18-19-16(13)15-6-5-7-20-15/h5-7,9,11-12,14,17H,8,10H2,1-4H3,(H,18,19). The van der Waals surface area contributed by atoms with Gasteiger partial charge in [0.1, 0.15) is 0 Å².